The highest BCUT2D eigenvalue weighted by Gasteiger charge is 2.07. The Morgan fingerprint density at radius 3 is 2.56 bits per heavy atom. The van der Waals surface area contributed by atoms with E-state index in [1.54, 1.807) is 7.11 Å². The maximum atomic E-state index is 6.07. The minimum atomic E-state index is 0.590. The molecule has 1 heterocycles. The first-order valence-electron chi connectivity index (χ1n) is 4.98. The number of ether oxygens (including phenoxy) is 1. The van der Waals surface area contributed by atoms with Crippen molar-refractivity contribution in [3.05, 3.63) is 40.7 Å². The van der Waals surface area contributed by atoms with Crippen LogP contribution in [-0.4, -0.2) is 16.9 Å². The second-order valence-corrected chi connectivity index (χ2v) is 4.05. The van der Waals surface area contributed by atoms with Gasteiger partial charge in [-0.3, -0.25) is 0 Å². The summed E-state index contributed by atoms with van der Waals surface area (Å²) in [6.07, 6.45) is 1.84. The highest BCUT2D eigenvalue weighted by Crippen LogP contribution is 2.27. The fourth-order valence-corrected chi connectivity index (χ4v) is 1.79. The van der Waals surface area contributed by atoms with Gasteiger partial charge in [0.15, 0.2) is 0 Å². The van der Waals surface area contributed by atoms with Crippen LogP contribution < -0.4 is 4.74 Å². The Kier molecular flexibility index (Phi) is 2.88. The van der Waals surface area contributed by atoms with Gasteiger partial charge in [-0.1, -0.05) is 11.6 Å². The number of rotatable bonds is 2. The summed E-state index contributed by atoms with van der Waals surface area (Å²) in [7, 11) is 1.60. The smallest absolute Gasteiger partial charge is 0.137 e. The quantitative estimate of drug-likeness (QED) is 0.801. The van der Waals surface area contributed by atoms with Gasteiger partial charge in [-0.15, -0.1) is 0 Å². The van der Waals surface area contributed by atoms with Crippen LogP contribution in [0.1, 0.15) is 11.3 Å². The van der Waals surface area contributed by atoms with Gasteiger partial charge >= 0.3 is 0 Å². The second kappa shape index (κ2) is 4.18. The standard InChI is InChI=1S/C12H13ClN2O/c1-8-7-14-15(9(8)2)10-4-5-12(16-3)11(13)6-10/h4-7H,1-3H3. The van der Waals surface area contributed by atoms with Crippen molar-refractivity contribution >= 4 is 11.6 Å². The summed E-state index contributed by atoms with van der Waals surface area (Å²) in [5.74, 6) is 0.673. The van der Waals surface area contributed by atoms with E-state index >= 15 is 0 Å². The van der Waals surface area contributed by atoms with Gasteiger partial charge in [0.1, 0.15) is 5.75 Å². The molecule has 4 heteroatoms. The molecule has 0 aliphatic rings. The Balaban J connectivity index is 2.49. The van der Waals surface area contributed by atoms with Crippen LogP contribution in [0, 0.1) is 13.8 Å². The van der Waals surface area contributed by atoms with Gasteiger partial charge in [0.05, 0.1) is 24.0 Å². The van der Waals surface area contributed by atoms with Crippen molar-refractivity contribution in [1.29, 1.82) is 0 Å². The maximum absolute atomic E-state index is 6.07. The molecule has 0 radical (unpaired) electrons. The number of benzene rings is 1. The number of hydrogen-bond acceptors (Lipinski definition) is 2. The Labute approximate surface area is 99.6 Å². The average Bonchev–Trinajstić information content (AvgIpc) is 2.60. The summed E-state index contributed by atoms with van der Waals surface area (Å²) in [5, 5.41) is 4.89. The van der Waals surface area contributed by atoms with Crippen molar-refractivity contribution in [2.24, 2.45) is 0 Å². The van der Waals surface area contributed by atoms with Crippen LogP contribution in [0.4, 0.5) is 0 Å². The van der Waals surface area contributed by atoms with Crippen molar-refractivity contribution in [2.75, 3.05) is 7.11 Å². The van der Waals surface area contributed by atoms with Crippen molar-refractivity contribution in [2.45, 2.75) is 13.8 Å². The Hall–Kier alpha value is -1.48. The Morgan fingerprint density at radius 2 is 2.06 bits per heavy atom. The third kappa shape index (κ3) is 1.78. The monoisotopic (exact) mass is 236 g/mol. The fraction of sp³-hybridized carbons (Fsp3) is 0.250. The number of halogens is 1. The van der Waals surface area contributed by atoms with Gasteiger partial charge in [0.25, 0.3) is 0 Å². The van der Waals surface area contributed by atoms with Crippen LogP contribution in [0.2, 0.25) is 5.02 Å². The first-order valence-corrected chi connectivity index (χ1v) is 5.36. The highest BCUT2D eigenvalue weighted by atomic mass is 35.5. The molecule has 0 saturated carbocycles. The lowest BCUT2D eigenvalue weighted by Gasteiger charge is -2.08. The molecule has 1 aromatic heterocycles. The number of nitrogens with zero attached hydrogens (tertiary/aromatic N) is 2. The molecule has 0 atom stereocenters. The minimum Gasteiger partial charge on any atom is -0.495 e. The summed E-state index contributed by atoms with van der Waals surface area (Å²) in [6.45, 7) is 4.06. The van der Waals surface area contributed by atoms with Gasteiger partial charge in [0.2, 0.25) is 0 Å². The zero-order valence-electron chi connectivity index (χ0n) is 9.49. The first kappa shape index (κ1) is 11.0. The first-order chi connectivity index (χ1) is 7.63. The normalized spacial score (nSPS) is 10.5. The predicted molar refractivity (Wildman–Crippen MR) is 64.6 cm³/mol. The van der Waals surface area contributed by atoms with Crippen LogP contribution >= 0.6 is 11.6 Å². The molecular weight excluding hydrogens is 224 g/mol. The fourth-order valence-electron chi connectivity index (χ4n) is 1.54. The Morgan fingerprint density at radius 1 is 1.31 bits per heavy atom. The molecule has 84 valence electrons. The van der Waals surface area contributed by atoms with E-state index in [1.165, 1.54) is 0 Å². The zero-order chi connectivity index (χ0) is 11.7. The molecule has 3 nitrogen and oxygen atoms in total. The van der Waals surface area contributed by atoms with Gasteiger partial charge in [-0.25, -0.2) is 4.68 Å². The van der Waals surface area contributed by atoms with E-state index in [0.717, 1.165) is 16.9 Å². The molecule has 1 aromatic carbocycles. The number of methoxy groups -OCH3 is 1. The number of aryl methyl sites for hydroxylation is 1. The molecule has 0 bridgehead atoms. The van der Waals surface area contributed by atoms with Crippen LogP contribution in [0.5, 0.6) is 5.75 Å². The topological polar surface area (TPSA) is 27.1 Å². The lowest BCUT2D eigenvalue weighted by atomic mass is 10.2. The van der Waals surface area contributed by atoms with Crippen LogP contribution in [-0.2, 0) is 0 Å². The summed E-state index contributed by atoms with van der Waals surface area (Å²) in [5.41, 5.74) is 3.21. The second-order valence-electron chi connectivity index (χ2n) is 3.64. The lowest BCUT2D eigenvalue weighted by Crippen LogP contribution is -1.99. The minimum absolute atomic E-state index is 0.590. The number of aromatic nitrogens is 2. The van der Waals surface area contributed by atoms with E-state index in [9.17, 15) is 0 Å². The van der Waals surface area contributed by atoms with Crippen LogP contribution in [0.3, 0.4) is 0 Å². The van der Waals surface area contributed by atoms with Crippen LogP contribution in [0.25, 0.3) is 5.69 Å². The third-order valence-electron chi connectivity index (χ3n) is 2.64. The largest absolute Gasteiger partial charge is 0.495 e. The van der Waals surface area contributed by atoms with E-state index in [0.29, 0.717) is 10.8 Å². The lowest BCUT2D eigenvalue weighted by molar-refractivity contribution is 0.415. The molecule has 16 heavy (non-hydrogen) atoms. The van der Waals surface area contributed by atoms with Gasteiger partial charge in [0, 0.05) is 5.69 Å². The third-order valence-corrected chi connectivity index (χ3v) is 2.93. The van der Waals surface area contributed by atoms with Crippen molar-refractivity contribution in [3.8, 4) is 11.4 Å². The SMILES string of the molecule is COc1ccc(-n2ncc(C)c2C)cc1Cl. The molecule has 0 aliphatic heterocycles. The Bertz CT molecular complexity index is 520. The predicted octanol–water partition coefficient (Wildman–Crippen LogP) is 3.15. The molecule has 0 amide bonds. The molecule has 2 rings (SSSR count). The maximum Gasteiger partial charge on any atom is 0.137 e. The molecular formula is C12H13ClN2O. The number of hydrogen-bond donors (Lipinski definition) is 0. The van der Waals surface area contributed by atoms with Crippen molar-refractivity contribution < 1.29 is 4.74 Å². The highest BCUT2D eigenvalue weighted by molar-refractivity contribution is 6.32. The molecule has 0 unspecified atom stereocenters. The molecule has 2 aromatic rings. The van der Waals surface area contributed by atoms with E-state index in [4.69, 9.17) is 16.3 Å². The molecule has 0 fully saturated rings. The summed E-state index contributed by atoms with van der Waals surface area (Å²) in [4.78, 5) is 0. The van der Waals surface area contributed by atoms with Gasteiger partial charge in [-0.05, 0) is 37.6 Å². The zero-order valence-corrected chi connectivity index (χ0v) is 10.2. The van der Waals surface area contributed by atoms with Crippen LogP contribution in [0.15, 0.2) is 24.4 Å². The molecule has 0 spiro atoms. The van der Waals surface area contributed by atoms with Gasteiger partial charge in [-0.2, -0.15) is 5.10 Å². The molecule has 0 aliphatic carbocycles. The van der Waals surface area contributed by atoms with E-state index in [1.807, 2.05) is 42.9 Å². The van der Waals surface area contributed by atoms with Crippen molar-refractivity contribution in [1.82, 2.24) is 9.78 Å². The summed E-state index contributed by atoms with van der Waals surface area (Å²) in [6, 6.07) is 5.62. The van der Waals surface area contributed by atoms with Gasteiger partial charge < -0.3 is 4.74 Å². The summed E-state index contributed by atoms with van der Waals surface area (Å²) >= 11 is 6.07. The summed E-state index contributed by atoms with van der Waals surface area (Å²) < 4.78 is 6.97. The van der Waals surface area contributed by atoms with Crippen molar-refractivity contribution in [3.63, 3.8) is 0 Å². The molecule has 0 N–H and O–H groups in total. The van der Waals surface area contributed by atoms with E-state index in [2.05, 4.69) is 5.10 Å². The van der Waals surface area contributed by atoms with E-state index < -0.39 is 0 Å². The van der Waals surface area contributed by atoms with E-state index in [-0.39, 0.29) is 0 Å². The molecule has 0 saturated heterocycles. The average molecular weight is 237 g/mol.